The Morgan fingerprint density at radius 2 is 1.87 bits per heavy atom. The fourth-order valence-electron chi connectivity index (χ4n) is 6.36. The third kappa shape index (κ3) is 4.56. The fraction of sp³-hybridized carbons (Fsp3) is 0.394. The number of carbonyl (C=O) groups is 2. The quantitative estimate of drug-likeness (QED) is 0.177. The highest BCUT2D eigenvalue weighted by atomic mass is 16.5. The summed E-state index contributed by atoms with van der Waals surface area (Å²) in [6, 6.07) is 15.1. The van der Waals surface area contributed by atoms with Crippen LogP contribution in [0.4, 0.5) is 0 Å². The van der Waals surface area contributed by atoms with Gasteiger partial charge in [0, 0.05) is 41.2 Å². The van der Waals surface area contributed by atoms with Crippen molar-refractivity contribution in [3.05, 3.63) is 70.3 Å². The van der Waals surface area contributed by atoms with Gasteiger partial charge in [0.05, 0.1) is 31.4 Å². The highest BCUT2D eigenvalue weighted by Gasteiger charge is 2.35. The highest BCUT2D eigenvalue weighted by molar-refractivity contribution is 6.20. The molecule has 0 N–H and O–H groups in total. The molecule has 0 aliphatic heterocycles. The predicted molar refractivity (Wildman–Crippen MR) is 154 cm³/mol. The van der Waals surface area contributed by atoms with Gasteiger partial charge in [-0.3, -0.25) is 14.5 Å². The second-order valence-electron chi connectivity index (χ2n) is 11.4. The van der Waals surface area contributed by atoms with Crippen molar-refractivity contribution < 1.29 is 19.1 Å². The Bertz CT molecular complexity index is 1610. The summed E-state index contributed by atoms with van der Waals surface area (Å²) in [5, 5.41) is 2.40. The van der Waals surface area contributed by atoms with Gasteiger partial charge in [-0.2, -0.15) is 0 Å². The third-order valence-electron chi connectivity index (χ3n) is 7.92. The van der Waals surface area contributed by atoms with Gasteiger partial charge >= 0.3 is 5.97 Å². The minimum absolute atomic E-state index is 0.154. The summed E-state index contributed by atoms with van der Waals surface area (Å²) in [6.07, 6.45) is 3.02. The van der Waals surface area contributed by atoms with E-state index in [0.29, 0.717) is 26.1 Å². The molecule has 0 amide bonds. The minimum Gasteiger partial charge on any atom is -0.465 e. The Balaban J connectivity index is 1.51. The molecule has 2 aliphatic rings. The monoisotopic (exact) mass is 524 g/mol. The molecule has 0 unspecified atom stereocenters. The van der Waals surface area contributed by atoms with Crippen molar-refractivity contribution in [1.82, 2.24) is 9.47 Å². The molecule has 0 atom stereocenters. The van der Waals surface area contributed by atoms with Gasteiger partial charge < -0.3 is 14.0 Å². The smallest absolute Gasteiger partial charge is 0.320 e. The van der Waals surface area contributed by atoms with Crippen molar-refractivity contribution in [2.24, 2.45) is 0 Å². The highest BCUT2D eigenvalue weighted by Crippen LogP contribution is 2.49. The first-order valence-corrected chi connectivity index (χ1v) is 14.0. The summed E-state index contributed by atoms with van der Waals surface area (Å²) >= 11 is 0. The maximum atomic E-state index is 13.3. The van der Waals surface area contributed by atoms with E-state index in [1.54, 1.807) is 0 Å². The molecule has 6 nitrogen and oxygen atoms in total. The van der Waals surface area contributed by atoms with E-state index >= 15 is 0 Å². The Kier molecular flexibility index (Phi) is 6.77. The van der Waals surface area contributed by atoms with E-state index < -0.39 is 0 Å². The predicted octanol–water partition coefficient (Wildman–Crippen LogP) is 5.91. The summed E-state index contributed by atoms with van der Waals surface area (Å²) in [7, 11) is 3.73. The van der Waals surface area contributed by atoms with Gasteiger partial charge in [-0.05, 0) is 86.3 Å². The molecule has 0 saturated heterocycles. The Labute approximate surface area is 229 Å². The van der Waals surface area contributed by atoms with E-state index in [0.717, 1.165) is 41.6 Å². The van der Waals surface area contributed by atoms with Crippen molar-refractivity contribution in [1.29, 1.82) is 0 Å². The molecule has 6 heteroatoms. The number of aromatic nitrogens is 1. The van der Waals surface area contributed by atoms with Crippen LogP contribution >= 0.6 is 0 Å². The summed E-state index contributed by atoms with van der Waals surface area (Å²) in [6.45, 7) is 6.04. The molecular formula is C33H36N2O4. The summed E-state index contributed by atoms with van der Waals surface area (Å²) in [5.41, 5.74) is 10.5. The Morgan fingerprint density at radius 1 is 1.05 bits per heavy atom. The zero-order chi connectivity index (χ0) is 27.3. The van der Waals surface area contributed by atoms with Crippen LogP contribution in [0, 0.1) is 0 Å². The van der Waals surface area contributed by atoms with Crippen LogP contribution in [0.1, 0.15) is 59.3 Å². The zero-order valence-corrected chi connectivity index (χ0v) is 23.3. The van der Waals surface area contributed by atoms with E-state index in [9.17, 15) is 9.59 Å². The molecule has 2 aliphatic carbocycles. The number of carbonyl (C=O) groups excluding carboxylic acids is 2. The first-order valence-electron chi connectivity index (χ1n) is 14.0. The minimum atomic E-state index is -0.204. The maximum Gasteiger partial charge on any atom is 0.320 e. The number of benzene rings is 3. The first-order chi connectivity index (χ1) is 18.8. The van der Waals surface area contributed by atoms with E-state index in [1.807, 2.05) is 19.0 Å². The second-order valence-corrected chi connectivity index (χ2v) is 11.4. The van der Waals surface area contributed by atoms with Crippen LogP contribution in [-0.4, -0.2) is 54.6 Å². The molecule has 4 aromatic rings. The van der Waals surface area contributed by atoms with Crippen LogP contribution in [-0.2, 0) is 40.3 Å². The number of aryl methyl sites for hydroxylation is 2. The molecule has 6 rings (SSSR count). The molecule has 3 aromatic carbocycles. The van der Waals surface area contributed by atoms with Gasteiger partial charge in [0.25, 0.3) is 0 Å². The maximum absolute atomic E-state index is 13.3. The molecule has 0 saturated carbocycles. The van der Waals surface area contributed by atoms with Crippen LogP contribution in [0.2, 0.25) is 0 Å². The third-order valence-corrected chi connectivity index (χ3v) is 7.92. The van der Waals surface area contributed by atoms with Crippen molar-refractivity contribution in [2.75, 3.05) is 27.2 Å². The van der Waals surface area contributed by atoms with Crippen molar-refractivity contribution >= 4 is 33.6 Å². The standard InChI is InChI=1S/C33H36N2O4/c1-20(2)39-19-21-10-12-27-25(16-21)31-24-11-13-28(36)32(24)30-23-9-6-5-8-22(23)17-26(30)33(31)35(27)14-7-15-38-29(37)18-34(3)4/h5-6,8-10,12,16,20H,7,11,13-15,17-19H2,1-4H3. The van der Waals surface area contributed by atoms with Gasteiger partial charge in [-0.25, -0.2) is 0 Å². The summed E-state index contributed by atoms with van der Waals surface area (Å²) in [4.78, 5) is 27.3. The SMILES string of the molecule is CC(C)OCc1ccc2c(c1)c1c3c(c4c(c1n2CCCOC(=O)CN(C)C)Cc1ccccc1-4)C(=O)CC3. The number of likely N-dealkylation sites (N-methyl/N-ethyl adjacent to an activating group) is 1. The van der Waals surface area contributed by atoms with Crippen LogP contribution in [0.25, 0.3) is 32.9 Å². The Hall–Kier alpha value is -3.48. The lowest BCUT2D eigenvalue weighted by atomic mass is 9.92. The van der Waals surface area contributed by atoms with Gasteiger partial charge in [-0.1, -0.05) is 30.3 Å². The number of ketones is 1. The lowest BCUT2D eigenvalue weighted by Gasteiger charge is -2.15. The van der Waals surface area contributed by atoms with Crippen LogP contribution < -0.4 is 0 Å². The Morgan fingerprint density at radius 3 is 2.67 bits per heavy atom. The second kappa shape index (κ2) is 10.2. The van der Waals surface area contributed by atoms with Crippen molar-refractivity contribution in [3.8, 4) is 11.1 Å². The number of fused-ring (bicyclic) bond motifs is 10. The first kappa shape index (κ1) is 25.8. The van der Waals surface area contributed by atoms with Crippen molar-refractivity contribution in [3.63, 3.8) is 0 Å². The number of rotatable bonds is 9. The largest absolute Gasteiger partial charge is 0.465 e. The molecule has 0 radical (unpaired) electrons. The normalized spacial score (nSPS) is 14.1. The van der Waals surface area contributed by atoms with E-state index in [-0.39, 0.29) is 24.4 Å². The van der Waals surface area contributed by atoms with Gasteiger partial charge in [0.15, 0.2) is 5.78 Å². The molecule has 1 heterocycles. The zero-order valence-electron chi connectivity index (χ0n) is 23.3. The number of esters is 1. The molecule has 202 valence electrons. The van der Waals surface area contributed by atoms with E-state index in [4.69, 9.17) is 9.47 Å². The summed E-state index contributed by atoms with van der Waals surface area (Å²) in [5.74, 6) is 0.0533. The summed E-state index contributed by atoms with van der Waals surface area (Å²) < 4.78 is 13.9. The molecule has 0 spiro atoms. The molecule has 1 aromatic heterocycles. The number of hydrogen-bond donors (Lipinski definition) is 0. The average Bonchev–Trinajstić information content (AvgIpc) is 3.56. The van der Waals surface area contributed by atoms with Crippen LogP contribution in [0.5, 0.6) is 0 Å². The molecule has 39 heavy (non-hydrogen) atoms. The topological polar surface area (TPSA) is 60.8 Å². The van der Waals surface area contributed by atoms with Gasteiger partial charge in [-0.15, -0.1) is 0 Å². The lowest BCUT2D eigenvalue weighted by molar-refractivity contribution is -0.144. The number of nitrogens with zero attached hydrogens (tertiary/aromatic N) is 2. The number of Topliss-reactive ketones (excluding diaryl/α,β-unsaturated/α-hetero) is 1. The fourth-order valence-corrected chi connectivity index (χ4v) is 6.36. The van der Waals surface area contributed by atoms with Crippen LogP contribution in [0.3, 0.4) is 0 Å². The average molecular weight is 525 g/mol. The molecule has 0 fully saturated rings. The van der Waals surface area contributed by atoms with E-state index in [2.05, 4.69) is 60.9 Å². The van der Waals surface area contributed by atoms with Gasteiger partial charge in [0.1, 0.15) is 0 Å². The van der Waals surface area contributed by atoms with Crippen LogP contribution in [0.15, 0.2) is 42.5 Å². The molecular weight excluding hydrogens is 488 g/mol. The molecule has 0 bridgehead atoms. The van der Waals surface area contributed by atoms with Gasteiger partial charge in [0.2, 0.25) is 0 Å². The van der Waals surface area contributed by atoms with E-state index in [1.165, 1.54) is 38.5 Å². The number of ether oxygens (including phenoxy) is 2. The number of hydrogen-bond acceptors (Lipinski definition) is 5. The lowest BCUT2D eigenvalue weighted by Crippen LogP contribution is -2.24. The van der Waals surface area contributed by atoms with Crippen molar-refractivity contribution in [2.45, 2.75) is 58.8 Å².